The van der Waals surface area contributed by atoms with Crippen molar-refractivity contribution in [3.63, 3.8) is 0 Å². The smallest absolute Gasteiger partial charge is 0.315 e. The summed E-state index contributed by atoms with van der Waals surface area (Å²) in [5.74, 6) is 0.409. The third-order valence-corrected chi connectivity index (χ3v) is 4.58. The Morgan fingerprint density at radius 1 is 1.40 bits per heavy atom. The number of carbonyl (C=O) groups excluding carboxylic acids is 1. The first-order chi connectivity index (χ1) is 9.40. The number of amides is 2. The number of nitrogens with one attached hydrogen (secondary N) is 2. The quantitative estimate of drug-likeness (QED) is 0.724. The van der Waals surface area contributed by atoms with Crippen LogP contribution in [0.1, 0.15) is 57.2 Å². The zero-order valence-electron chi connectivity index (χ0n) is 12.7. The molecule has 20 heavy (non-hydrogen) atoms. The maximum Gasteiger partial charge on any atom is 0.315 e. The fourth-order valence-corrected chi connectivity index (χ4v) is 2.48. The van der Waals surface area contributed by atoms with E-state index in [1.54, 1.807) is 11.3 Å². The Balaban J connectivity index is 2.36. The summed E-state index contributed by atoms with van der Waals surface area (Å²) in [5, 5.41) is 18.6. The van der Waals surface area contributed by atoms with Crippen LogP contribution >= 0.6 is 11.3 Å². The molecule has 0 aliphatic carbocycles. The number of thiazole rings is 1. The summed E-state index contributed by atoms with van der Waals surface area (Å²) in [6, 6.07) is -0.274. The predicted molar refractivity (Wildman–Crippen MR) is 82.0 cm³/mol. The number of aromatic nitrogens is 1. The van der Waals surface area contributed by atoms with E-state index in [0.717, 1.165) is 10.7 Å². The van der Waals surface area contributed by atoms with Crippen molar-refractivity contribution in [3.05, 3.63) is 16.1 Å². The fourth-order valence-electron chi connectivity index (χ4n) is 1.65. The van der Waals surface area contributed by atoms with Gasteiger partial charge in [-0.2, -0.15) is 0 Å². The molecule has 0 aromatic carbocycles. The van der Waals surface area contributed by atoms with Gasteiger partial charge in [0.05, 0.1) is 22.8 Å². The lowest BCUT2D eigenvalue weighted by Gasteiger charge is -2.25. The minimum atomic E-state index is -0.817. The lowest BCUT2D eigenvalue weighted by molar-refractivity contribution is 0.0349. The van der Waals surface area contributed by atoms with E-state index in [1.807, 2.05) is 19.2 Å². The molecule has 0 fully saturated rings. The molecule has 2 amide bonds. The second-order valence-corrected chi connectivity index (χ2v) is 6.19. The minimum absolute atomic E-state index is 0.264. The van der Waals surface area contributed by atoms with E-state index in [4.69, 9.17) is 0 Å². The summed E-state index contributed by atoms with van der Waals surface area (Å²) < 4.78 is 0. The molecule has 1 rings (SSSR count). The molecule has 0 spiro atoms. The molecule has 1 heterocycles. The molecule has 5 nitrogen and oxygen atoms in total. The Morgan fingerprint density at radius 3 is 2.55 bits per heavy atom. The number of hydrogen-bond donors (Lipinski definition) is 3. The van der Waals surface area contributed by atoms with Crippen molar-refractivity contribution < 1.29 is 9.90 Å². The number of carbonyl (C=O) groups is 1. The van der Waals surface area contributed by atoms with Gasteiger partial charge < -0.3 is 15.7 Å². The van der Waals surface area contributed by atoms with E-state index < -0.39 is 5.60 Å². The van der Waals surface area contributed by atoms with E-state index in [-0.39, 0.29) is 12.6 Å². The van der Waals surface area contributed by atoms with Gasteiger partial charge in [0, 0.05) is 17.8 Å². The molecule has 0 atom stereocenters. The standard InChI is InChI=1S/C14H25N3O2S/c1-5-14(19,6-2)9-16-13(18)15-7-11-8-20-12(17-11)10(3)4/h8,10,19H,5-7,9H2,1-4H3,(H2,15,16,18). The Morgan fingerprint density at radius 2 is 2.05 bits per heavy atom. The SMILES string of the molecule is CCC(O)(CC)CNC(=O)NCc1csc(C(C)C)n1. The molecule has 3 N–H and O–H groups in total. The molecule has 0 aliphatic rings. The van der Waals surface area contributed by atoms with E-state index in [9.17, 15) is 9.90 Å². The Kier molecular flexibility index (Phi) is 6.42. The third-order valence-electron chi connectivity index (χ3n) is 3.39. The molecule has 0 saturated carbocycles. The van der Waals surface area contributed by atoms with Gasteiger partial charge in [0.2, 0.25) is 0 Å². The van der Waals surface area contributed by atoms with Crippen molar-refractivity contribution in [2.45, 2.75) is 58.6 Å². The van der Waals surface area contributed by atoms with E-state index in [2.05, 4.69) is 29.5 Å². The number of hydrogen-bond acceptors (Lipinski definition) is 4. The Labute approximate surface area is 124 Å². The van der Waals surface area contributed by atoms with Crippen LogP contribution in [-0.4, -0.2) is 28.3 Å². The van der Waals surface area contributed by atoms with Gasteiger partial charge in [-0.05, 0) is 12.8 Å². The number of rotatable bonds is 7. The first-order valence-electron chi connectivity index (χ1n) is 7.08. The highest BCUT2D eigenvalue weighted by Gasteiger charge is 2.22. The third kappa shape index (κ3) is 5.09. The van der Waals surface area contributed by atoms with Crippen LogP contribution in [0.4, 0.5) is 4.79 Å². The maximum absolute atomic E-state index is 11.7. The van der Waals surface area contributed by atoms with Gasteiger partial charge in [-0.25, -0.2) is 9.78 Å². The summed E-state index contributed by atoms with van der Waals surface area (Å²) in [6.07, 6.45) is 1.24. The first-order valence-corrected chi connectivity index (χ1v) is 7.96. The first kappa shape index (κ1) is 16.9. The average Bonchev–Trinajstić information content (AvgIpc) is 2.91. The summed E-state index contributed by atoms with van der Waals surface area (Å²) in [5.41, 5.74) is 0.0538. The van der Waals surface area contributed by atoms with Crippen molar-refractivity contribution >= 4 is 17.4 Å². The van der Waals surface area contributed by atoms with Crippen LogP contribution < -0.4 is 10.6 Å². The molecule has 1 aromatic rings. The van der Waals surface area contributed by atoms with Gasteiger partial charge in [0.25, 0.3) is 0 Å². The van der Waals surface area contributed by atoms with Gasteiger partial charge in [0.1, 0.15) is 0 Å². The van der Waals surface area contributed by atoms with E-state index in [0.29, 0.717) is 25.3 Å². The Bertz CT molecular complexity index is 428. The van der Waals surface area contributed by atoms with Crippen molar-refractivity contribution in [1.29, 1.82) is 0 Å². The van der Waals surface area contributed by atoms with Crippen LogP contribution in [0.3, 0.4) is 0 Å². The fraction of sp³-hybridized carbons (Fsp3) is 0.714. The number of urea groups is 1. The normalized spacial score (nSPS) is 11.7. The Hall–Kier alpha value is -1.14. The van der Waals surface area contributed by atoms with Gasteiger partial charge in [-0.3, -0.25) is 0 Å². The topological polar surface area (TPSA) is 74.2 Å². The van der Waals surface area contributed by atoms with Crippen molar-refractivity contribution in [1.82, 2.24) is 15.6 Å². The van der Waals surface area contributed by atoms with E-state index >= 15 is 0 Å². The molecule has 6 heteroatoms. The van der Waals surface area contributed by atoms with Gasteiger partial charge in [-0.1, -0.05) is 27.7 Å². The summed E-state index contributed by atoms with van der Waals surface area (Å²) >= 11 is 1.61. The van der Waals surface area contributed by atoms with Crippen molar-refractivity contribution in [3.8, 4) is 0 Å². The molecule has 1 aromatic heterocycles. The molecule has 0 aliphatic heterocycles. The molecular formula is C14H25N3O2S. The monoisotopic (exact) mass is 299 g/mol. The molecule has 114 valence electrons. The second kappa shape index (κ2) is 7.59. The number of nitrogens with zero attached hydrogens (tertiary/aromatic N) is 1. The average molecular weight is 299 g/mol. The zero-order chi connectivity index (χ0) is 15.2. The van der Waals surface area contributed by atoms with Crippen LogP contribution in [0, 0.1) is 0 Å². The van der Waals surface area contributed by atoms with Crippen LogP contribution in [0.2, 0.25) is 0 Å². The molecule has 0 radical (unpaired) electrons. The van der Waals surface area contributed by atoms with Crippen LogP contribution in [0.15, 0.2) is 5.38 Å². The van der Waals surface area contributed by atoms with Crippen LogP contribution in [0.5, 0.6) is 0 Å². The molecule has 0 unspecified atom stereocenters. The zero-order valence-corrected chi connectivity index (χ0v) is 13.5. The largest absolute Gasteiger partial charge is 0.388 e. The molecule has 0 saturated heterocycles. The van der Waals surface area contributed by atoms with Crippen LogP contribution in [-0.2, 0) is 6.54 Å². The minimum Gasteiger partial charge on any atom is -0.388 e. The van der Waals surface area contributed by atoms with Crippen molar-refractivity contribution in [2.24, 2.45) is 0 Å². The van der Waals surface area contributed by atoms with Gasteiger partial charge in [-0.15, -0.1) is 11.3 Å². The van der Waals surface area contributed by atoms with E-state index in [1.165, 1.54) is 0 Å². The lowest BCUT2D eigenvalue weighted by atomic mass is 9.98. The lowest BCUT2D eigenvalue weighted by Crippen LogP contribution is -2.45. The number of aliphatic hydroxyl groups is 1. The summed E-state index contributed by atoms with van der Waals surface area (Å²) in [7, 11) is 0. The van der Waals surface area contributed by atoms with Crippen molar-refractivity contribution in [2.75, 3.05) is 6.54 Å². The maximum atomic E-state index is 11.7. The molecular weight excluding hydrogens is 274 g/mol. The highest BCUT2D eigenvalue weighted by molar-refractivity contribution is 7.09. The highest BCUT2D eigenvalue weighted by atomic mass is 32.1. The predicted octanol–water partition coefficient (Wildman–Crippen LogP) is 2.62. The molecule has 0 bridgehead atoms. The summed E-state index contributed by atoms with van der Waals surface area (Å²) in [4.78, 5) is 16.1. The van der Waals surface area contributed by atoms with Gasteiger partial charge in [0.15, 0.2) is 0 Å². The second-order valence-electron chi connectivity index (χ2n) is 5.30. The van der Waals surface area contributed by atoms with Crippen LogP contribution in [0.25, 0.3) is 0 Å². The van der Waals surface area contributed by atoms with Gasteiger partial charge >= 0.3 is 6.03 Å². The highest BCUT2D eigenvalue weighted by Crippen LogP contribution is 2.18. The summed E-state index contributed by atoms with van der Waals surface area (Å²) in [6.45, 7) is 8.68.